The third-order valence-electron chi connectivity index (χ3n) is 2.71. The Labute approximate surface area is 82.0 Å². The van der Waals surface area contributed by atoms with Gasteiger partial charge in [0.2, 0.25) is 0 Å². The van der Waals surface area contributed by atoms with E-state index < -0.39 is 0 Å². The highest BCUT2D eigenvalue weighted by Gasteiger charge is 2.11. The van der Waals surface area contributed by atoms with Gasteiger partial charge in [-0.25, -0.2) is 0 Å². The van der Waals surface area contributed by atoms with Crippen molar-refractivity contribution in [2.24, 2.45) is 0 Å². The van der Waals surface area contributed by atoms with Crippen LogP contribution in [0.3, 0.4) is 0 Å². The maximum Gasteiger partial charge on any atom is 0.121 e. The lowest BCUT2D eigenvalue weighted by atomic mass is 10.1. The number of fused-ring (bicyclic) bond motifs is 1. The Morgan fingerprint density at radius 3 is 2.64 bits per heavy atom. The smallest absolute Gasteiger partial charge is 0.121 e. The van der Waals surface area contributed by atoms with E-state index in [4.69, 9.17) is 0 Å². The second-order valence-electron chi connectivity index (χ2n) is 3.52. The van der Waals surface area contributed by atoms with Crippen LogP contribution in [0.15, 0.2) is 12.1 Å². The number of aliphatic hydroxyl groups excluding tert-OH is 1. The van der Waals surface area contributed by atoms with Crippen LogP contribution in [-0.2, 0) is 6.61 Å². The summed E-state index contributed by atoms with van der Waals surface area (Å²) in [7, 11) is 0. The van der Waals surface area contributed by atoms with Crippen LogP contribution < -0.4 is 0 Å². The molecule has 0 saturated carbocycles. The number of aromatic amines is 1. The van der Waals surface area contributed by atoms with E-state index in [2.05, 4.69) is 4.98 Å². The molecule has 0 amide bonds. The number of H-pyrrole nitrogens is 1. The number of nitrogens with one attached hydrogen (secondary N) is 1. The summed E-state index contributed by atoms with van der Waals surface area (Å²) in [5.74, 6) is 0.155. The number of benzene rings is 1. The molecule has 3 heteroatoms. The Kier molecular flexibility index (Phi) is 1.97. The average Bonchev–Trinajstić information content (AvgIpc) is 2.45. The molecule has 0 radical (unpaired) electrons. The maximum atomic E-state index is 9.57. The number of hydrogen-bond donors (Lipinski definition) is 3. The number of phenols is 1. The van der Waals surface area contributed by atoms with Gasteiger partial charge in [-0.3, -0.25) is 0 Å². The predicted octanol–water partition coefficient (Wildman–Crippen LogP) is 1.98. The van der Waals surface area contributed by atoms with Crippen LogP contribution in [0.2, 0.25) is 0 Å². The van der Waals surface area contributed by atoms with Gasteiger partial charge in [0.05, 0.1) is 6.61 Å². The molecule has 0 unspecified atom stereocenters. The minimum atomic E-state index is -0.138. The van der Waals surface area contributed by atoms with Crippen LogP contribution in [0.1, 0.15) is 16.8 Å². The zero-order valence-corrected chi connectivity index (χ0v) is 8.26. The van der Waals surface area contributed by atoms with Gasteiger partial charge < -0.3 is 15.2 Å². The highest BCUT2D eigenvalue weighted by Crippen LogP contribution is 2.30. The molecule has 1 aromatic carbocycles. The summed E-state index contributed by atoms with van der Waals surface area (Å²) in [5, 5.41) is 19.7. The zero-order valence-electron chi connectivity index (χ0n) is 8.26. The first-order valence-corrected chi connectivity index (χ1v) is 4.55. The van der Waals surface area contributed by atoms with Crippen LogP contribution >= 0.6 is 0 Å². The van der Waals surface area contributed by atoms with Crippen molar-refractivity contribution >= 4 is 10.9 Å². The Morgan fingerprint density at radius 1 is 1.29 bits per heavy atom. The summed E-state index contributed by atoms with van der Waals surface area (Å²) >= 11 is 0. The molecule has 0 saturated heterocycles. The SMILES string of the molecule is Cc1[nH]c2ccc(O)c(CO)c2c1C. The molecule has 1 heterocycles. The predicted molar refractivity (Wildman–Crippen MR) is 55.4 cm³/mol. The molecule has 14 heavy (non-hydrogen) atoms. The van der Waals surface area contributed by atoms with E-state index in [9.17, 15) is 10.2 Å². The van der Waals surface area contributed by atoms with Crippen molar-refractivity contribution in [1.29, 1.82) is 0 Å². The number of aromatic nitrogens is 1. The Hall–Kier alpha value is -1.48. The first-order chi connectivity index (χ1) is 6.65. The molecule has 0 fully saturated rings. The van der Waals surface area contributed by atoms with Crippen molar-refractivity contribution in [3.8, 4) is 5.75 Å². The lowest BCUT2D eigenvalue weighted by molar-refractivity contribution is 0.277. The molecule has 3 N–H and O–H groups in total. The second kappa shape index (κ2) is 3.03. The molecular formula is C11H13NO2. The van der Waals surface area contributed by atoms with Gasteiger partial charge >= 0.3 is 0 Å². The van der Waals surface area contributed by atoms with Gasteiger partial charge in [-0.15, -0.1) is 0 Å². The molecule has 0 aliphatic carbocycles. The maximum absolute atomic E-state index is 9.57. The Balaban J connectivity index is 2.91. The second-order valence-corrected chi connectivity index (χ2v) is 3.52. The monoisotopic (exact) mass is 191 g/mol. The van der Waals surface area contributed by atoms with Crippen molar-refractivity contribution in [2.75, 3.05) is 0 Å². The highest BCUT2D eigenvalue weighted by molar-refractivity contribution is 5.89. The molecule has 3 nitrogen and oxygen atoms in total. The van der Waals surface area contributed by atoms with Crippen molar-refractivity contribution in [1.82, 2.24) is 4.98 Å². The fourth-order valence-corrected chi connectivity index (χ4v) is 1.81. The zero-order chi connectivity index (χ0) is 10.3. The van der Waals surface area contributed by atoms with Crippen LogP contribution in [0.4, 0.5) is 0 Å². The number of hydrogen-bond acceptors (Lipinski definition) is 2. The van der Waals surface area contributed by atoms with Crippen LogP contribution in [0, 0.1) is 13.8 Å². The van der Waals surface area contributed by atoms with E-state index in [1.807, 2.05) is 19.9 Å². The summed E-state index contributed by atoms with van der Waals surface area (Å²) < 4.78 is 0. The van der Waals surface area contributed by atoms with Gasteiger partial charge in [0.1, 0.15) is 5.75 Å². The van der Waals surface area contributed by atoms with E-state index in [1.54, 1.807) is 6.07 Å². The lowest BCUT2D eigenvalue weighted by Crippen LogP contribution is -1.86. The molecule has 2 rings (SSSR count). The van der Waals surface area contributed by atoms with E-state index >= 15 is 0 Å². The van der Waals surface area contributed by atoms with E-state index in [1.165, 1.54) is 0 Å². The first kappa shape index (κ1) is 9.09. The van der Waals surface area contributed by atoms with E-state index in [0.29, 0.717) is 5.56 Å². The largest absolute Gasteiger partial charge is 0.508 e. The molecule has 0 atom stereocenters. The minimum Gasteiger partial charge on any atom is -0.508 e. The quantitative estimate of drug-likeness (QED) is 0.645. The minimum absolute atomic E-state index is 0.138. The lowest BCUT2D eigenvalue weighted by Gasteiger charge is -2.03. The summed E-state index contributed by atoms with van der Waals surface area (Å²) in [6.07, 6.45) is 0. The van der Waals surface area contributed by atoms with E-state index in [0.717, 1.165) is 22.2 Å². The fraction of sp³-hybridized carbons (Fsp3) is 0.273. The third-order valence-corrected chi connectivity index (χ3v) is 2.71. The van der Waals surface area contributed by atoms with Crippen molar-refractivity contribution in [3.63, 3.8) is 0 Å². The molecule has 2 aromatic rings. The molecule has 0 aliphatic rings. The van der Waals surface area contributed by atoms with Crippen LogP contribution in [0.25, 0.3) is 10.9 Å². The third kappa shape index (κ3) is 1.09. The van der Waals surface area contributed by atoms with Gasteiger partial charge in [0, 0.05) is 22.2 Å². The number of aromatic hydroxyl groups is 1. The Bertz CT molecular complexity index is 485. The van der Waals surface area contributed by atoms with Gasteiger partial charge in [-0.05, 0) is 31.5 Å². The molecule has 1 aromatic heterocycles. The number of rotatable bonds is 1. The van der Waals surface area contributed by atoms with Gasteiger partial charge in [0.25, 0.3) is 0 Å². The number of aryl methyl sites for hydroxylation is 2. The summed E-state index contributed by atoms with van der Waals surface area (Å²) in [6.45, 7) is 3.82. The topological polar surface area (TPSA) is 56.2 Å². The number of aliphatic hydroxyl groups is 1. The molecule has 74 valence electrons. The summed E-state index contributed by atoms with van der Waals surface area (Å²) in [5.41, 5.74) is 3.71. The van der Waals surface area contributed by atoms with E-state index in [-0.39, 0.29) is 12.4 Å². The molecule has 0 bridgehead atoms. The molecular weight excluding hydrogens is 178 g/mol. The van der Waals surface area contributed by atoms with Crippen LogP contribution in [0.5, 0.6) is 5.75 Å². The Morgan fingerprint density at radius 2 is 2.00 bits per heavy atom. The standard InChI is InChI=1S/C11H13NO2/c1-6-7(2)12-9-3-4-10(14)8(5-13)11(6)9/h3-4,12-14H,5H2,1-2H3. The molecule has 0 spiro atoms. The fourth-order valence-electron chi connectivity index (χ4n) is 1.81. The molecule has 0 aliphatic heterocycles. The highest BCUT2D eigenvalue weighted by atomic mass is 16.3. The summed E-state index contributed by atoms with van der Waals surface area (Å²) in [6, 6.07) is 3.42. The van der Waals surface area contributed by atoms with Crippen molar-refractivity contribution in [3.05, 3.63) is 29.0 Å². The van der Waals surface area contributed by atoms with Crippen molar-refractivity contribution < 1.29 is 10.2 Å². The normalized spacial score (nSPS) is 11.1. The average molecular weight is 191 g/mol. The van der Waals surface area contributed by atoms with Gasteiger partial charge in [0.15, 0.2) is 0 Å². The van der Waals surface area contributed by atoms with Crippen LogP contribution in [-0.4, -0.2) is 15.2 Å². The van der Waals surface area contributed by atoms with Gasteiger partial charge in [-0.2, -0.15) is 0 Å². The first-order valence-electron chi connectivity index (χ1n) is 4.55. The van der Waals surface area contributed by atoms with Crippen molar-refractivity contribution in [2.45, 2.75) is 20.5 Å². The summed E-state index contributed by atoms with van der Waals surface area (Å²) in [4.78, 5) is 3.21. The van der Waals surface area contributed by atoms with Gasteiger partial charge in [-0.1, -0.05) is 0 Å².